The van der Waals surface area contributed by atoms with E-state index in [9.17, 15) is 0 Å². The van der Waals surface area contributed by atoms with Crippen molar-refractivity contribution in [3.05, 3.63) is 0 Å². The van der Waals surface area contributed by atoms with Crippen LogP contribution in [0.4, 0.5) is 0 Å². The normalized spacial score (nSPS) is 44.7. The molecule has 0 aromatic carbocycles. The molecule has 0 N–H and O–H groups in total. The van der Waals surface area contributed by atoms with Crippen LogP contribution in [0.3, 0.4) is 0 Å². The number of thiol groups is 1. The molecule has 1 aliphatic carbocycles. The lowest BCUT2D eigenvalue weighted by Gasteiger charge is -2.28. The van der Waals surface area contributed by atoms with Crippen molar-refractivity contribution >= 4 is 12.6 Å². The molecule has 1 fully saturated rings. The third kappa shape index (κ3) is 1.93. The smallest absolute Gasteiger partial charge is 0.00926 e. The predicted octanol–water partition coefficient (Wildman–Crippen LogP) is 3.38. The monoisotopic (exact) mass is 172 g/mol. The third-order valence-electron chi connectivity index (χ3n) is 3.44. The summed E-state index contributed by atoms with van der Waals surface area (Å²) >= 11 is 4.32. The Labute approximate surface area is 76.2 Å². The van der Waals surface area contributed by atoms with Gasteiger partial charge in [0.1, 0.15) is 0 Å². The van der Waals surface area contributed by atoms with Crippen molar-refractivity contribution in [1.29, 1.82) is 0 Å². The SMILES string of the molecule is CC1CC(C)C(C)(CCS)C1. The second-order valence-corrected chi connectivity index (χ2v) is 5.02. The minimum Gasteiger partial charge on any atom is -0.179 e. The van der Waals surface area contributed by atoms with Crippen LogP contribution < -0.4 is 0 Å². The van der Waals surface area contributed by atoms with Gasteiger partial charge in [-0.25, -0.2) is 0 Å². The maximum Gasteiger partial charge on any atom is -0.00926 e. The fraction of sp³-hybridized carbons (Fsp3) is 1.00. The Kier molecular flexibility index (Phi) is 2.90. The first-order chi connectivity index (χ1) is 5.08. The molecule has 0 amide bonds. The van der Waals surface area contributed by atoms with E-state index in [2.05, 4.69) is 33.4 Å². The number of hydrogen-bond acceptors (Lipinski definition) is 1. The van der Waals surface area contributed by atoms with E-state index in [1.165, 1.54) is 19.3 Å². The molecule has 0 radical (unpaired) electrons. The highest BCUT2D eigenvalue weighted by molar-refractivity contribution is 7.80. The Bertz CT molecular complexity index is 133. The second-order valence-electron chi connectivity index (χ2n) is 4.57. The average molecular weight is 172 g/mol. The fourth-order valence-electron chi connectivity index (χ4n) is 2.57. The van der Waals surface area contributed by atoms with Crippen LogP contribution in [-0.2, 0) is 0 Å². The van der Waals surface area contributed by atoms with Crippen molar-refractivity contribution in [3.8, 4) is 0 Å². The van der Waals surface area contributed by atoms with Crippen LogP contribution in [-0.4, -0.2) is 5.75 Å². The summed E-state index contributed by atoms with van der Waals surface area (Å²) in [7, 11) is 0. The Morgan fingerprint density at radius 2 is 2.09 bits per heavy atom. The molecule has 1 heteroatoms. The molecular formula is C10H20S. The highest BCUT2D eigenvalue weighted by Crippen LogP contribution is 2.48. The van der Waals surface area contributed by atoms with Gasteiger partial charge in [-0.05, 0) is 42.3 Å². The summed E-state index contributed by atoms with van der Waals surface area (Å²) in [4.78, 5) is 0. The molecule has 1 rings (SSSR count). The van der Waals surface area contributed by atoms with Gasteiger partial charge >= 0.3 is 0 Å². The molecule has 0 aliphatic heterocycles. The lowest BCUT2D eigenvalue weighted by molar-refractivity contribution is 0.236. The van der Waals surface area contributed by atoms with Crippen LogP contribution >= 0.6 is 12.6 Å². The van der Waals surface area contributed by atoms with Crippen LogP contribution in [0.2, 0.25) is 0 Å². The van der Waals surface area contributed by atoms with Crippen molar-refractivity contribution in [2.24, 2.45) is 17.3 Å². The molecule has 3 atom stereocenters. The molecular weight excluding hydrogens is 152 g/mol. The Hall–Kier alpha value is 0.350. The highest BCUT2D eigenvalue weighted by Gasteiger charge is 2.38. The molecule has 11 heavy (non-hydrogen) atoms. The molecule has 0 spiro atoms. The third-order valence-corrected chi connectivity index (χ3v) is 3.67. The van der Waals surface area contributed by atoms with E-state index < -0.39 is 0 Å². The minimum atomic E-state index is 0.598. The van der Waals surface area contributed by atoms with Crippen molar-refractivity contribution in [2.45, 2.75) is 40.0 Å². The summed E-state index contributed by atoms with van der Waals surface area (Å²) in [6.45, 7) is 7.20. The van der Waals surface area contributed by atoms with Gasteiger partial charge in [0.2, 0.25) is 0 Å². The molecule has 0 heterocycles. The van der Waals surface area contributed by atoms with E-state index in [1.807, 2.05) is 0 Å². The molecule has 66 valence electrons. The van der Waals surface area contributed by atoms with Gasteiger partial charge < -0.3 is 0 Å². The van der Waals surface area contributed by atoms with E-state index in [-0.39, 0.29) is 0 Å². The number of rotatable bonds is 2. The molecule has 1 saturated carbocycles. The van der Waals surface area contributed by atoms with Crippen molar-refractivity contribution in [1.82, 2.24) is 0 Å². The van der Waals surface area contributed by atoms with Gasteiger partial charge in [0.05, 0.1) is 0 Å². The van der Waals surface area contributed by atoms with Crippen molar-refractivity contribution in [3.63, 3.8) is 0 Å². The summed E-state index contributed by atoms with van der Waals surface area (Å²) in [5.41, 5.74) is 0.598. The van der Waals surface area contributed by atoms with Crippen LogP contribution in [0.1, 0.15) is 40.0 Å². The van der Waals surface area contributed by atoms with Crippen LogP contribution in [0, 0.1) is 17.3 Å². The van der Waals surface area contributed by atoms with Gasteiger partial charge in [0.25, 0.3) is 0 Å². The van der Waals surface area contributed by atoms with Gasteiger partial charge in [-0.15, -0.1) is 0 Å². The van der Waals surface area contributed by atoms with Gasteiger partial charge in [-0.2, -0.15) is 12.6 Å². The zero-order valence-electron chi connectivity index (χ0n) is 7.93. The van der Waals surface area contributed by atoms with Crippen LogP contribution in [0.25, 0.3) is 0 Å². The molecule has 0 saturated heterocycles. The van der Waals surface area contributed by atoms with Crippen LogP contribution in [0.15, 0.2) is 0 Å². The fourth-order valence-corrected chi connectivity index (χ4v) is 3.08. The predicted molar refractivity (Wildman–Crippen MR) is 54.1 cm³/mol. The largest absolute Gasteiger partial charge is 0.179 e. The van der Waals surface area contributed by atoms with E-state index in [0.29, 0.717) is 5.41 Å². The van der Waals surface area contributed by atoms with Crippen molar-refractivity contribution < 1.29 is 0 Å². The molecule has 1 aliphatic rings. The zero-order valence-corrected chi connectivity index (χ0v) is 8.82. The second kappa shape index (κ2) is 3.38. The summed E-state index contributed by atoms with van der Waals surface area (Å²) in [5, 5.41) is 0. The topological polar surface area (TPSA) is 0 Å². The Morgan fingerprint density at radius 1 is 1.45 bits per heavy atom. The summed E-state index contributed by atoms with van der Waals surface area (Å²) in [5.74, 6) is 2.90. The van der Waals surface area contributed by atoms with E-state index in [1.54, 1.807) is 0 Å². The lowest BCUT2D eigenvalue weighted by Crippen LogP contribution is -2.19. The summed E-state index contributed by atoms with van der Waals surface area (Å²) in [6, 6.07) is 0. The standard InChI is InChI=1S/C10H20S/c1-8-6-9(2)10(3,7-8)4-5-11/h8-9,11H,4-7H2,1-3H3. The first kappa shape index (κ1) is 9.44. The Morgan fingerprint density at radius 3 is 2.45 bits per heavy atom. The van der Waals surface area contributed by atoms with E-state index in [0.717, 1.165) is 17.6 Å². The maximum atomic E-state index is 4.32. The summed E-state index contributed by atoms with van der Waals surface area (Å²) in [6.07, 6.45) is 4.13. The molecule has 0 aromatic heterocycles. The first-order valence-electron chi connectivity index (χ1n) is 4.69. The van der Waals surface area contributed by atoms with Gasteiger partial charge in [0.15, 0.2) is 0 Å². The molecule has 3 unspecified atom stereocenters. The average Bonchev–Trinajstić information content (AvgIpc) is 2.08. The van der Waals surface area contributed by atoms with E-state index in [4.69, 9.17) is 0 Å². The van der Waals surface area contributed by atoms with Gasteiger partial charge in [-0.3, -0.25) is 0 Å². The van der Waals surface area contributed by atoms with Crippen molar-refractivity contribution in [2.75, 3.05) is 5.75 Å². The maximum absolute atomic E-state index is 4.32. The highest BCUT2D eigenvalue weighted by atomic mass is 32.1. The zero-order chi connectivity index (χ0) is 8.48. The minimum absolute atomic E-state index is 0.598. The van der Waals surface area contributed by atoms with Crippen LogP contribution in [0.5, 0.6) is 0 Å². The van der Waals surface area contributed by atoms with Gasteiger partial charge in [0, 0.05) is 0 Å². The molecule has 0 nitrogen and oxygen atoms in total. The lowest BCUT2D eigenvalue weighted by atomic mass is 9.78. The summed E-state index contributed by atoms with van der Waals surface area (Å²) < 4.78 is 0. The van der Waals surface area contributed by atoms with E-state index >= 15 is 0 Å². The quantitative estimate of drug-likeness (QED) is 0.607. The Balaban J connectivity index is 2.55. The molecule has 0 bridgehead atoms. The van der Waals surface area contributed by atoms with Gasteiger partial charge in [-0.1, -0.05) is 20.8 Å². The first-order valence-corrected chi connectivity index (χ1v) is 5.32. The molecule has 0 aromatic rings. The number of hydrogen-bond donors (Lipinski definition) is 1.